The van der Waals surface area contributed by atoms with Crippen LogP contribution in [0.15, 0.2) is 140 Å². The Hall–Kier alpha value is -5.71. The predicted octanol–water partition coefficient (Wildman–Crippen LogP) is 11.3. The molecule has 3 aromatic heterocycles. The van der Waals surface area contributed by atoms with Crippen LogP contribution >= 0.6 is 11.3 Å². The Morgan fingerprint density at radius 1 is 0.378 bits per heavy atom. The highest BCUT2D eigenvalue weighted by Crippen LogP contribution is 2.41. The van der Waals surface area contributed by atoms with Crippen molar-refractivity contribution < 1.29 is 0 Å². The SMILES string of the molecule is c1ccc2cc(-c3nc(-c4nc5ccccc5c5cc6c(cc45)sc4ccccc46)nc4c3ccc3ccccc34)ccc2c1. The first-order valence-corrected chi connectivity index (χ1v) is 15.9. The molecule has 0 spiro atoms. The fourth-order valence-electron chi connectivity index (χ4n) is 6.87. The molecule has 10 rings (SSSR count). The summed E-state index contributed by atoms with van der Waals surface area (Å²) >= 11 is 1.82. The smallest absolute Gasteiger partial charge is 0.180 e. The quantitative estimate of drug-likeness (QED) is 0.188. The Kier molecular flexibility index (Phi) is 5.16. The van der Waals surface area contributed by atoms with E-state index in [1.54, 1.807) is 0 Å². The van der Waals surface area contributed by atoms with Gasteiger partial charge in [0.2, 0.25) is 0 Å². The minimum Gasteiger partial charge on any atom is -0.244 e. The summed E-state index contributed by atoms with van der Waals surface area (Å²) in [4.78, 5) is 16.0. The normalized spacial score (nSPS) is 12.0. The van der Waals surface area contributed by atoms with Gasteiger partial charge in [-0.1, -0.05) is 103 Å². The number of nitrogens with zero attached hydrogens (tertiary/aromatic N) is 3. The van der Waals surface area contributed by atoms with Gasteiger partial charge in [-0.3, -0.25) is 0 Å². The molecule has 208 valence electrons. The third-order valence-corrected chi connectivity index (χ3v) is 10.2. The lowest BCUT2D eigenvalue weighted by Crippen LogP contribution is -1.99. The number of hydrogen-bond donors (Lipinski definition) is 0. The van der Waals surface area contributed by atoms with Crippen LogP contribution in [0.1, 0.15) is 0 Å². The Bertz CT molecular complexity index is 2830. The van der Waals surface area contributed by atoms with Crippen LogP contribution in [-0.4, -0.2) is 15.0 Å². The van der Waals surface area contributed by atoms with Crippen molar-refractivity contribution in [3.05, 3.63) is 140 Å². The second-order valence-corrected chi connectivity index (χ2v) is 12.7. The van der Waals surface area contributed by atoms with E-state index in [4.69, 9.17) is 15.0 Å². The molecule has 0 unspecified atom stereocenters. The molecule has 0 fully saturated rings. The fourth-order valence-corrected chi connectivity index (χ4v) is 7.99. The number of pyridine rings is 1. The van der Waals surface area contributed by atoms with Gasteiger partial charge in [-0.2, -0.15) is 0 Å². The van der Waals surface area contributed by atoms with Gasteiger partial charge in [0.05, 0.1) is 16.7 Å². The van der Waals surface area contributed by atoms with E-state index >= 15 is 0 Å². The first-order valence-electron chi connectivity index (χ1n) is 15.1. The third kappa shape index (κ3) is 3.73. The molecule has 4 heteroatoms. The van der Waals surface area contributed by atoms with Crippen molar-refractivity contribution in [2.45, 2.75) is 0 Å². The number of benzene rings is 7. The van der Waals surface area contributed by atoms with Crippen LogP contribution < -0.4 is 0 Å². The van der Waals surface area contributed by atoms with Crippen LogP contribution in [0.3, 0.4) is 0 Å². The highest BCUT2D eigenvalue weighted by molar-refractivity contribution is 7.25. The summed E-state index contributed by atoms with van der Waals surface area (Å²) in [6.07, 6.45) is 0. The van der Waals surface area contributed by atoms with Crippen molar-refractivity contribution in [2.75, 3.05) is 0 Å². The average Bonchev–Trinajstić information content (AvgIpc) is 3.47. The Morgan fingerprint density at radius 3 is 2.02 bits per heavy atom. The van der Waals surface area contributed by atoms with Crippen LogP contribution in [-0.2, 0) is 0 Å². The molecule has 10 aromatic rings. The van der Waals surface area contributed by atoms with Crippen molar-refractivity contribution in [1.82, 2.24) is 15.0 Å². The number of hydrogen-bond acceptors (Lipinski definition) is 4. The highest BCUT2D eigenvalue weighted by Gasteiger charge is 2.19. The van der Waals surface area contributed by atoms with E-state index < -0.39 is 0 Å². The molecule has 3 heterocycles. The van der Waals surface area contributed by atoms with Crippen molar-refractivity contribution in [3.63, 3.8) is 0 Å². The van der Waals surface area contributed by atoms with Gasteiger partial charge < -0.3 is 0 Å². The van der Waals surface area contributed by atoms with Gasteiger partial charge in [0, 0.05) is 47.3 Å². The summed E-state index contributed by atoms with van der Waals surface area (Å²) in [7, 11) is 0. The van der Waals surface area contributed by atoms with Gasteiger partial charge in [-0.25, -0.2) is 15.0 Å². The van der Waals surface area contributed by atoms with Crippen molar-refractivity contribution in [1.29, 1.82) is 0 Å². The van der Waals surface area contributed by atoms with Gasteiger partial charge in [-0.15, -0.1) is 11.3 Å². The molecule has 0 radical (unpaired) electrons. The number of aromatic nitrogens is 3. The van der Waals surface area contributed by atoms with Crippen molar-refractivity contribution in [3.8, 4) is 22.8 Å². The van der Waals surface area contributed by atoms with Gasteiger partial charge in [0.15, 0.2) is 5.82 Å². The summed E-state index contributed by atoms with van der Waals surface area (Å²) in [6, 6.07) is 49.6. The summed E-state index contributed by atoms with van der Waals surface area (Å²) in [5, 5.41) is 11.6. The first-order chi connectivity index (χ1) is 22.3. The van der Waals surface area contributed by atoms with E-state index in [0.717, 1.165) is 54.9 Å². The summed E-state index contributed by atoms with van der Waals surface area (Å²) in [5.41, 5.74) is 4.66. The van der Waals surface area contributed by atoms with Crippen LogP contribution in [0.5, 0.6) is 0 Å². The summed E-state index contributed by atoms with van der Waals surface area (Å²) in [6.45, 7) is 0. The predicted molar refractivity (Wildman–Crippen MR) is 191 cm³/mol. The molecule has 0 saturated heterocycles. The first kappa shape index (κ1) is 24.7. The van der Waals surface area contributed by atoms with E-state index in [9.17, 15) is 0 Å². The lowest BCUT2D eigenvalue weighted by atomic mass is 9.98. The van der Waals surface area contributed by atoms with Gasteiger partial charge in [-0.05, 0) is 57.9 Å². The van der Waals surface area contributed by atoms with Crippen molar-refractivity contribution in [2.24, 2.45) is 0 Å². The molecule has 3 nitrogen and oxygen atoms in total. The van der Waals surface area contributed by atoms with E-state index in [-0.39, 0.29) is 0 Å². The summed E-state index contributed by atoms with van der Waals surface area (Å²) in [5.74, 6) is 0.637. The third-order valence-electron chi connectivity index (χ3n) is 9.02. The Balaban J connectivity index is 1.35. The molecule has 0 N–H and O–H groups in total. The maximum Gasteiger partial charge on any atom is 0.180 e. The van der Waals surface area contributed by atoms with E-state index in [2.05, 4.69) is 140 Å². The molecule has 0 aliphatic carbocycles. The molecule has 7 aromatic carbocycles. The zero-order valence-corrected chi connectivity index (χ0v) is 24.8. The topological polar surface area (TPSA) is 38.7 Å². The monoisotopic (exact) mass is 589 g/mol. The number of para-hydroxylation sites is 1. The second kappa shape index (κ2) is 9.39. The second-order valence-electron chi connectivity index (χ2n) is 11.6. The lowest BCUT2D eigenvalue weighted by molar-refractivity contribution is 1.21. The molecule has 0 aliphatic rings. The standard InChI is InChI=1S/C41H23N3S/c1-2-11-26-21-27(18-17-24(26)9-1)38-31-20-19-25-10-3-4-12-28(25)39(31)44-41(43-38)40-34-23-37-33(30-14-6-8-16-36(30)45-37)22-32(34)29-13-5-7-15-35(29)42-40/h1-23H. The maximum absolute atomic E-state index is 5.36. The van der Waals surface area contributed by atoms with Crippen molar-refractivity contribution >= 4 is 85.6 Å². The van der Waals surface area contributed by atoms with Crippen LogP contribution in [0.2, 0.25) is 0 Å². The minimum absolute atomic E-state index is 0.637. The molecule has 0 saturated carbocycles. The Labute approximate surface area is 262 Å². The van der Waals surface area contributed by atoms with Crippen LogP contribution in [0.4, 0.5) is 0 Å². The molecule has 0 amide bonds. The van der Waals surface area contributed by atoms with Gasteiger partial charge >= 0.3 is 0 Å². The average molecular weight is 590 g/mol. The zero-order chi connectivity index (χ0) is 29.5. The Morgan fingerprint density at radius 2 is 1.11 bits per heavy atom. The highest BCUT2D eigenvalue weighted by atomic mass is 32.1. The van der Waals surface area contributed by atoms with Crippen LogP contribution in [0, 0.1) is 0 Å². The van der Waals surface area contributed by atoms with Crippen LogP contribution in [0.25, 0.3) is 97.1 Å². The molecule has 0 aliphatic heterocycles. The fraction of sp³-hybridized carbons (Fsp3) is 0. The number of rotatable bonds is 2. The summed E-state index contributed by atoms with van der Waals surface area (Å²) < 4.78 is 2.52. The minimum atomic E-state index is 0.637. The largest absolute Gasteiger partial charge is 0.244 e. The molecule has 0 atom stereocenters. The zero-order valence-electron chi connectivity index (χ0n) is 24.0. The molecular weight excluding hydrogens is 567 g/mol. The maximum atomic E-state index is 5.36. The van der Waals surface area contributed by atoms with E-state index in [1.807, 2.05) is 11.3 Å². The van der Waals surface area contributed by atoms with E-state index in [0.29, 0.717) is 5.82 Å². The molecule has 45 heavy (non-hydrogen) atoms. The van der Waals surface area contributed by atoms with Gasteiger partial charge in [0.25, 0.3) is 0 Å². The lowest BCUT2D eigenvalue weighted by Gasteiger charge is -2.14. The number of thiophene rings is 1. The van der Waals surface area contributed by atoms with E-state index in [1.165, 1.54) is 36.3 Å². The number of fused-ring (bicyclic) bond motifs is 10. The molecule has 0 bridgehead atoms. The van der Waals surface area contributed by atoms with Gasteiger partial charge in [0.1, 0.15) is 5.69 Å². The molecular formula is C41H23N3S.